The van der Waals surface area contributed by atoms with Crippen molar-refractivity contribution in [1.82, 2.24) is 20.5 Å². The zero-order valence-corrected chi connectivity index (χ0v) is 10.8. The van der Waals surface area contributed by atoms with Crippen LogP contribution in [0, 0.1) is 23.7 Å². The molecule has 0 spiro atoms. The number of hydrogen-bond acceptors (Lipinski definition) is 4. The van der Waals surface area contributed by atoms with Gasteiger partial charge in [-0.05, 0) is 18.3 Å². The molecule has 2 bridgehead atoms. The van der Waals surface area contributed by atoms with Gasteiger partial charge in [0.15, 0.2) is 0 Å². The van der Waals surface area contributed by atoms with Crippen molar-refractivity contribution in [2.24, 2.45) is 23.7 Å². The minimum atomic E-state index is -0.878. The third-order valence-electron chi connectivity index (χ3n) is 4.17. The number of rotatable bonds is 5. The lowest BCUT2D eigenvalue weighted by Crippen LogP contribution is -2.40. The van der Waals surface area contributed by atoms with Crippen LogP contribution in [0.5, 0.6) is 0 Å². The zero-order valence-electron chi connectivity index (χ0n) is 10.8. The Hall–Kier alpha value is -2.18. The number of allylic oxidation sites excluding steroid dienone is 2. The number of nitrogens with zero attached hydrogens (tertiary/aromatic N) is 2. The number of hydrogen-bond donors (Lipinski definition) is 3. The van der Waals surface area contributed by atoms with Crippen LogP contribution in [0.15, 0.2) is 18.5 Å². The highest BCUT2D eigenvalue weighted by Gasteiger charge is 2.51. The first-order valence-electron chi connectivity index (χ1n) is 6.70. The van der Waals surface area contributed by atoms with Gasteiger partial charge < -0.3 is 10.4 Å². The highest BCUT2D eigenvalue weighted by Crippen LogP contribution is 2.48. The Balaban J connectivity index is 1.59. The quantitative estimate of drug-likeness (QED) is 0.655. The third-order valence-corrected chi connectivity index (χ3v) is 4.17. The number of carboxylic acids is 1. The summed E-state index contributed by atoms with van der Waals surface area (Å²) in [6, 6.07) is 0. The molecule has 3 N–H and O–H groups in total. The minimum absolute atomic E-state index is 0.00234. The molecule has 0 saturated heterocycles. The van der Waals surface area contributed by atoms with Gasteiger partial charge in [0.1, 0.15) is 12.2 Å². The van der Waals surface area contributed by atoms with Crippen molar-refractivity contribution in [3.63, 3.8) is 0 Å². The second kappa shape index (κ2) is 5.07. The van der Waals surface area contributed by atoms with Gasteiger partial charge in [-0.3, -0.25) is 14.7 Å². The maximum Gasteiger partial charge on any atom is 0.307 e. The van der Waals surface area contributed by atoms with Crippen molar-refractivity contribution in [3.8, 4) is 0 Å². The fraction of sp³-hybridized carbons (Fsp3) is 0.538. The topological polar surface area (TPSA) is 108 Å². The molecule has 2 unspecified atom stereocenters. The van der Waals surface area contributed by atoms with Crippen molar-refractivity contribution in [1.29, 1.82) is 0 Å². The Bertz CT molecular complexity index is 540. The van der Waals surface area contributed by atoms with Gasteiger partial charge in [-0.1, -0.05) is 12.2 Å². The van der Waals surface area contributed by atoms with Crippen molar-refractivity contribution in [2.45, 2.75) is 12.8 Å². The van der Waals surface area contributed by atoms with Gasteiger partial charge in [0.25, 0.3) is 0 Å². The van der Waals surface area contributed by atoms with Crippen LogP contribution < -0.4 is 5.32 Å². The van der Waals surface area contributed by atoms with Gasteiger partial charge in [-0.15, -0.1) is 0 Å². The fourth-order valence-corrected chi connectivity index (χ4v) is 3.29. The molecule has 106 valence electrons. The number of carboxylic acid groups (broad SMARTS) is 1. The summed E-state index contributed by atoms with van der Waals surface area (Å²) in [5.74, 6) is -1.32. The van der Waals surface area contributed by atoms with Crippen LogP contribution in [-0.2, 0) is 16.0 Å². The van der Waals surface area contributed by atoms with Crippen molar-refractivity contribution in [3.05, 3.63) is 24.3 Å². The second-order valence-corrected chi connectivity index (χ2v) is 5.31. The first-order chi connectivity index (χ1) is 9.66. The molecule has 2 aliphatic carbocycles. The van der Waals surface area contributed by atoms with E-state index in [2.05, 4.69) is 20.5 Å². The van der Waals surface area contributed by atoms with E-state index >= 15 is 0 Å². The molecule has 1 heterocycles. The van der Waals surface area contributed by atoms with Gasteiger partial charge in [0.2, 0.25) is 5.91 Å². The Kier molecular flexibility index (Phi) is 3.25. The molecule has 7 nitrogen and oxygen atoms in total. The van der Waals surface area contributed by atoms with E-state index in [1.54, 1.807) is 0 Å². The predicted molar refractivity (Wildman–Crippen MR) is 68.4 cm³/mol. The molecule has 0 aromatic carbocycles. The lowest BCUT2D eigenvalue weighted by Gasteiger charge is -2.23. The lowest BCUT2D eigenvalue weighted by atomic mass is 9.82. The Labute approximate surface area is 115 Å². The number of amides is 1. The molecular formula is C13H16N4O3. The van der Waals surface area contributed by atoms with Crippen LogP contribution in [0.2, 0.25) is 0 Å². The number of aromatic amines is 1. The summed E-state index contributed by atoms with van der Waals surface area (Å²) < 4.78 is 0. The van der Waals surface area contributed by atoms with Gasteiger partial charge in [0.05, 0.1) is 11.8 Å². The summed E-state index contributed by atoms with van der Waals surface area (Å²) >= 11 is 0. The Morgan fingerprint density at radius 3 is 2.75 bits per heavy atom. The molecule has 0 radical (unpaired) electrons. The summed E-state index contributed by atoms with van der Waals surface area (Å²) in [6.45, 7) is 0.429. The number of nitrogens with one attached hydrogen (secondary N) is 2. The smallest absolute Gasteiger partial charge is 0.307 e. The van der Waals surface area contributed by atoms with Crippen LogP contribution in [0.1, 0.15) is 12.2 Å². The molecule has 1 fully saturated rings. The summed E-state index contributed by atoms with van der Waals surface area (Å²) in [7, 11) is 0. The van der Waals surface area contributed by atoms with Gasteiger partial charge in [-0.25, -0.2) is 4.98 Å². The number of carbonyl (C=O) groups excluding carboxylic acids is 1. The number of fused-ring (bicyclic) bond motifs is 2. The largest absolute Gasteiger partial charge is 0.481 e. The number of aliphatic carboxylic acids is 1. The van der Waals surface area contributed by atoms with E-state index in [0.717, 1.165) is 6.42 Å². The normalized spacial score (nSPS) is 30.6. The molecule has 0 aliphatic heterocycles. The minimum Gasteiger partial charge on any atom is -0.481 e. The Morgan fingerprint density at radius 1 is 1.35 bits per heavy atom. The molecule has 2 aliphatic rings. The molecule has 3 rings (SSSR count). The van der Waals surface area contributed by atoms with E-state index < -0.39 is 17.8 Å². The number of aromatic nitrogens is 3. The summed E-state index contributed by atoms with van der Waals surface area (Å²) in [5.41, 5.74) is 0. The maximum atomic E-state index is 12.2. The number of H-pyrrole nitrogens is 1. The van der Waals surface area contributed by atoms with E-state index in [4.69, 9.17) is 0 Å². The highest BCUT2D eigenvalue weighted by molar-refractivity contribution is 5.86. The van der Waals surface area contributed by atoms with E-state index in [0.29, 0.717) is 18.8 Å². The zero-order chi connectivity index (χ0) is 14.1. The maximum absolute atomic E-state index is 12.2. The summed E-state index contributed by atoms with van der Waals surface area (Å²) in [4.78, 5) is 27.5. The molecule has 4 atom stereocenters. The van der Waals surface area contributed by atoms with Gasteiger partial charge in [0, 0.05) is 13.0 Å². The average molecular weight is 276 g/mol. The average Bonchev–Trinajstić information content (AvgIpc) is 3.13. The van der Waals surface area contributed by atoms with Crippen LogP contribution in [-0.4, -0.2) is 38.7 Å². The summed E-state index contributed by atoms with van der Waals surface area (Å²) in [5, 5.41) is 18.5. The van der Waals surface area contributed by atoms with Crippen LogP contribution in [0.25, 0.3) is 0 Å². The molecule has 7 heteroatoms. The van der Waals surface area contributed by atoms with Crippen molar-refractivity contribution in [2.75, 3.05) is 6.54 Å². The fourth-order valence-electron chi connectivity index (χ4n) is 3.29. The molecular weight excluding hydrogens is 260 g/mol. The van der Waals surface area contributed by atoms with E-state index in [-0.39, 0.29) is 17.7 Å². The first-order valence-corrected chi connectivity index (χ1v) is 6.70. The molecule has 1 aromatic heterocycles. The van der Waals surface area contributed by atoms with E-state index in [1.807, 2.05) is 12.2 Å². The number of carbonyl (C=O) groups is 2. The van der Waals surface area contributed by atoms with Crippen molar-refractivity contribution < 1.29 is 14.7 Å². The second-order valence-electron chi connectivity index (χ2n) is 5.31. The van der Waals surface area contributed by atoms with E-state index in [1.165, 1.54) is 6.33 Å². The van der Waals surface area contributed by atoms with Crippen molar-refractivity contribution >= 4 is 11.9 Å². The molecule has 20 heavy (non-hydrogen) atoms. The monoisotopic (exact) mass is 276 g/mol. The predicted octanol–water partition coefficient (Wildman–Crippen LogP) is -0.0137. The lowest BCUT2D eigenvalue weighted by molar-refractivity contribution is -0.147. The van der Waals surface area contributed by atoms with E-state index in [9.17, 15) is 14.7 Å². The first kappa shape index (κ1) is 12.8. The van der Waals surface area contributed by atoms with Crippen LogP contribution in [0.4, 0.5) is 0 Å². The SMILES string of the molecule is O=C(O)[C@@H]1C2C=CC(C2)[C@@H]1C(=O)NCCc1ncn[nH]1. The van der Waals surface area contributed by atoms with Gasteiger partial charge >= 0.3 is 5.97 Å². The molecule has 1 saturated carbocycles. The molecule has 1 aromatic rings. The summed E-state index contributed by atoms with van der Waals surface area (Å²) in [6.07, 6.45) is 6.65. The van der Waals surface area contributed by atoms with Crippen LogP contribution >= 0.6 is 0 Å². The highest BCUT2D eigenvalue weighted by atomic mass is 16.4. The molecule has 1 amide bonds. The van der Waals surface area contributed by atoms with Gasteiger partial charge in [-0.2, -0.15) is 5.10 Å². The third kappa shape index (κ3) is 2.19. The van der Waals surface area contributed by atoms with Crippen LogP contribution in [0.3, 0.4) is 0 Å². The standard InChI is InChI=1S/C13H16N4O3/c18-12(14-4-3-9-15-6-16-17-9)10-7-1-2-8(5-7)11(10)13(19)20/h1-2,6-8,10-11H,3-5H2,(H,14,18)(H,19,20)(H,15,16,17)/t7?,8?,10-,11+/m0/s1. The Morgan fingerprint density at radius 2 is 2.10 bits per heavy atom.